The van der Waals surface area contributed by atoms with Crippen molar-refractivity contribution in [3.8, 4) is 11.1 Å². The van der Waals surface area contributed by atoms with E-state index in [0.29, 0.717) is 0 Å². The molecule has 0 radical (unpaired) electrons. The molecular weight excluding hydrogens is 336 g/mol. The lowest BCUT2D eigenvalue weighted by atomic mass is 9.98. The average molecular weight is 359 g/mol. The standard InChI is InChI=1S/C19H22N2OS2/c1-5-15-16(14-7-6-12(2)13(3)10-14)17-18(23-9-8-22-4)20-11-21-19(17)24-15/h6-7,10-11H,5,8-9H2,1-4H3. The van der Waals surface area contributed by atoms with E-state index < -0.39 is 0 Å². The van der Waals surface area contributed by atoms with Gasteiger partial charge in [-0.1, -0.05) is 25.1 Å². The number of thiophene rings is 1. The molecule has 0 unspecified atom stereocenters. The van der Waals surface area contributed by atoms with E-state index in [2.05, 4.69) is 48.9 Å². The van der Waals surface area contributed by atoms with Crippen LogP contribution in [0.15, 0.2) is 29.6 Å². The smallest absolute Gasteiger partial charge is 0.128 e. The van der Waals surface area contributed by atoms with Crippen LogP contribution in [0.25, 0.3) is 21.3 Å². The number of methoxy groups -OCH3 is 1. The van der Waals surface area contributed by atoms with Gasteiger partial charge in [-0.3, -0.25) is 0 Å². The van der Waals surface area contributed by atoms with E-state index in [1.807, 2.05) is 0 Å². The third-order valence-corrected chi connectivity index (χ3v) is 6.37. The predicted molar refractivity (Wildman–Crippen MR) is 104 cm³/mol. The number of aryl methyl sites for hydroxylation is 3. The van der Waals surface area contributed by atoms with E-state index in [-0.39, 0.29) is 0 Å². The number of hydrogen-bond donors (Lipinski definition) is 0. The molecule has 24 heavy (non-hydrogen) atoms. The van der Waals surface area contributed by atoms with Crippen molar-refractivity contribution in [2.24, 2.45) is 0 Å². The van der Waals surface area contributed by atoms with E-state index in [9.17, 15) is 0 Å². The van der Waals surface area contributed by atoms with Crippen molar-refractivity contribution in [1.82, 2.24) is 9.97 Å². The SMILES string of the molecule is CCc1sc2ncnc(SCCOC)c2c1-c1ccc(C)c(C)c1. The van der Waals surface area contributed by atoms with Crippen molar-refractivity contribution >= 4 is 33.3 Å². The number of hydrogen-bond acceptors (Lipinski definition) is 5. The molecule has 0 aliphatic carbocycles. The highest BCUT2D eigenvalue weighted by Gasteiger charge is 2.18. The van der Waals surface area contributed by atoms with Gasteiger partial charge in [0.15, 0.2) is 0 Å². The van der Waals surface area contributed by atoms with Crippen molar-refractivity contribution in [2.45, 2.75) is 32.2 Å². The predicted octanol–water partition coefficient (Wildman–Crippen LogP) is 5.28. The minimum Gasteiger partial charge on any atom is -0.384 e. The average Bonchev–Trinajstić information content (AvgIpc) is 2.97. The number of fused-ring (bicyclic) bond motifs is 1. The van der Waals surface area contributed by atoms with Gasteiger partial charge in [0.2, 0.25) is 0 Å². The fourth-order valence-electron chi connectivity index (χ4n) is 2.74. The first-order valence-corrected chi connectivity index (χ1v) is 9.91. The molecule has 0 amide bonds. The topological polar surface area (TPSA) is 35.0 Å². The highest BCUT2D eigenvalue weighted by Crippen LogP contribution is 2.42. The van der Waals surface area contributed by atoms with Gasteiger partial charge in [-0.15, -0.1) is 23.1 Å². The Morgan fingerprint density at radius 3 is 2.71 bits per heavy atom. The molecule has 0 atom stereocenters. The lowest BCUT2D eigenvalue weighted by Gasteiger charge is -2.09. The maximum absolute atomic E-state index is 5.18. The largest absolute Gasteiger partial charge is 0.384 e. The van der Waals surface area contributed by atoms with Gasteiger partial charge >= 0.3 is 0 Å². The molecule has 3 aromatic rings. The van der Waals surface area contributed by atoms with Crippen LogP contribution < -0.4 is 0 Å². The van der Waals surface area contributed by atoms with Crippen LogP contribution >= 0.6 is 23.1 Å². The summed E-state index contributed by atoms with van der Waals surface area (Å²) in [6.07, 6.45) is 2.68. The van der Waals surface area contributed by atoms with Crippen LogP contribution in [0.5, 0.6) is 0 Å². The van der Waals surface area contributed by atoms with E-state index in [0.717, 1.165) is 28.6 Å². The molecule has 2 aromatic heterocycles. The highest BCUT2D eigenvalue weighted by molar-refractivity contribution is 7.99. The van der Waals surface area contributed by atoms with Crippen LogP contribution in [-0.2, 0) is 11.2 Å². The Labute approximate surface area is 151 Å². The monoisotopic (exact) mass is 358 g/mol. The molecule has 3 rings (SSSR count). The normalized spacial score (nSPS) is 11.3. The Bertz CT molecular complexity index is 858. The van der Waals surface area contributed by atoms with Gasteiger partial charge in [0.05, 0.1) is 12.0 Å². The third-order valence-electron chi connectivity index (χ3n) is 4.17. The van der Waals surface area contributed by atoms with E-state index in [4.69, 9.17) is 4.74 Å². The summed E-state index contributed by atoms with van der Waals surface area (Å²) in [7, 11) is 1.73. The number of benzene rings is 1. The quantitative estimate of drug-likeness (QED) is 0.341. The van der Waals surface area contributed by atoms with Crippen LogP contribution in [0.3, 0.4) is 0 Å². The van der Waals surface area contributed by atoms with Crippen molar-refractivity contribution in [3.63, 3.8) is 0 Å². The summed E-state index contributed by atoms with van der Waals surface area (Å²) in [5.74, 6) is 0.895. The Balaban J connectivity index is 2.18. The molecule has 3 nitrogen and oxygen atoms in total. The maximum atomic E-state index is 5.18. The van der Waals surface area contributed by atoms with Gasteiger partial charge in [-0.05, 0) is 37.0 Å². The third kappa shape index (κ3) is 3.34. The fourth-order valence-corrected chi connectivity index (χ4v) is 4.81. The van der Waals surface area contributed by atoms with E-state index in [1.165, 1.54) is 32.5 Å². The van der Waals surface area contributed by atoms with Gasteiger partial charge in [-0.2, -0.15) is 0 Å². The number of nitrogens with zero attached hydrogens (tertiary/aromatic N) is 2. The van der Waals surface area contributed by atoms with Crippen molar-refractivity contribution in [3.05, 3.63) is 40.5 Å². The molecule has 0 aliphatic heterocycles. The Morgan fingerprint density at radius 1 is 1.17 bits per heavy atom. The highest BCUT2D eigenvalue weighted by atomic mass is 32.2. The summed E-state index contributed by atoms with van der Waals surface area (Å²) in [6.45, 7) is 7.25. The summed E-state index contributed by atoms with van der Waals surface area (Å²) in [5.41, 5.74) is 5.22. The first-order valence-electron chi connectivity index (χ1n) is 8.11. The molecule has 0 bridgehead atoms. The first-order chi connectivity index (χ1) is 11.7. The van der Waals surface area contributed by atoms with Crippen LogP contribution in [0, 0.1) is 13.8 Å². The summed E-state index contributed by atoms with van der Waals surface area (Å²) in [4.78, 5) is 11.5. The van der Waals surface area contributed by atoms with Crippen LogP contribution in [0.1, 0.15) is 22.9 Å². The number of thioether (sulfide) groups is 1. The van der Waals surface area contributed by atoms with E-state index in [1.54, 1.807) is 36.5 Å². The molecular formula is C19H22N2OS2. The van der Waals surface area contributed by atoms with Gasteiger partial charge in [-0.25, -0.2) is 9.97 Å². The van der Waals surface area contributed by atoms with Crippen molar-refractivity contribution in [1.29, 1.82) is 0 Å². The second-order valence-electron chi connectivity index (χ2n) is 5.75. The zero-order chi connectivity index (χ0) is 17.1. The maximum Gasteiger partial charge on any atom is 0.128 e. The first kappa shape index (κ1) is 17.4. The zero-order valence-corrected chi connectivity index (χ0v) is 16.2. The molecule has 0 N–H and O–H groups in total. The lowest BCUT2D eigenvalue weighted by Crippen LogP contribution is -1.94. The molecule has 0 spiro atoms. The molecule has 0 saturated heterocycles. The molecule has 0 saturated carbocycles. The summed E-state index contributed by atoms with van der Waals surface area (Å²) < 4.78 is 5.18. The van der Waals surface area contributed by atoms with Gasteiger partial charge < -0.3 is 4.74 Å². The van der Waals surface area contributed by atoms with Crippen LogP contribution in [0.4, 0.5) is 0 Å². The van der Waals surface area contributed by atoms with Gasteiger partial charge in [0, 0.05) is 23.3 Å². The molecule has 5 heteroatoms. The lowest BCUT2D eigenvalue weighted by molar-refractivity contribution is 0.218. The number of ether oxygens (including phenoxy) is 1. The van der Waals surface area contributed by atoms with Gasteiger partial charge in [0.25, 0.3) is 0 Å². The van der Waals surface area contributed by atoms with Crippen LogP contribution in [0.2, 0.25) is 0 Å². The zero-order valence-electron chi connectivity index (χ0n) is 14.5. The van der Waals surface area contributed by atoms with E-state index >= 15 is 0 Å². The summed E-state index contributed by atoms with van der Waals surface area (Å²) in [5, 5.41) is 2.25. The Hall–Kier alpha value is -1.43. The van der Waals surface area contributed by atoms with Crippen molar-refractivity contribution in [2.75, 3.05) is 19.5 Å². The molecule has 0 aliphatic rings. The molecule has 1 aromatic carbocycles. The Kier molecular flexibility index (Phi) is 5.54. The van der Waals surface area contributed by atoms with Crippen molar-refractivity contribution < 1.29 is 4.74 Å². The van der Waals surface area contributed by atoms with Crippen LogP contribution in [-0.4, -0.2) is 29.4 Å². The summed E-state index contributed by atoms with van der Waals surface area (Å²) >= 11 is 3.53. The number of aromatic nitrogens is 2. The fraction of sp³-hybridized carbons (Fsp3) is 0.368. The molecule has 126 valence electrons. The second kappa shape index (κ2) is 7.64. The Morgan fingerprint density at radius 2 is 2.00 bits per heavy atom. The molecule has 2 heterocycles. The minimum absolute atomic E-state index is 0.722. The summed E-state index contributed by atoms with van der Waals surface area (Å²) in [6, 6.07) is 6.71. The van der Waals surface area contributed by atoms with Gasteiger partial charge in [0.1, 0.15) is 16.2 Å². The molecule has 0 fully saturated rings. The number of rotatable bonds is 6. The minimum atomic E-state index is 0.722. The second-order valence-corrected chi connectivity index (χ2v) is 7.92.